The van der Waals surface area contributed by atoms with E-state index in [1.807, 2.05) is 20.8 Å². The zero-order chi connectivity index (χ0) is 28.5. The number of nitrogens with zero attached hydrogens (tertiary/aromatic N) is 1. The van der Waals surface area contributed by atoms with Crippen molar-refractivity contribution in [1.29, 1.82) is 0 Å². The number of rotatable bonds is 10. The van der Waals surface area contributed by atoms with Gasteiger partial charge in [-0.05, 0) is 70.4 Å². The average Bonchev–Trinajstić information content (AvgIpc) is 2.83. The number of carbonyl (C=O) groups excluding carboxylic acids is 3. The molecule has 38 heavy (non-hydrogen) atoms. The van der Waals surface area contributed by atoms with Crippen LogP contribution >= 0.6 is 0 Å². The fraction of sp³-hybridized carbons (Fsp3) is 0.433. The van der Waals surface area contributed by atoms with Gasteiger partial charge in [0.15, 0.2) is 0 Å². The third kappa shape index (κ3) is 8.84. The number of hydrogen-bond acceptors (Lipinski definition) is 5. The van der Waals surface area contributed by atoms with E-state index in [2.05, 4.69) is 16.6 Å². The second kappa shape index (κ2) is 13.5. The van der Waals surface area contributed by atoms with E-state index in [4.69, 9.17) is 11.2 Å². The van der Waals surface area contributed by atoms with Crippen molar-refractivity contribution < 1.29 is 24.2 Å². The number of ether oxygens (including phenoxy) is 1. The SMILES string of the molecule is C#Cc1ccccc1C(C(=O)NC(C)C)N(CCC)C(=O)C(Cc1ccc(O)cc1)NC(=O)OC(C)(C)C. The molecular weight excluding hydrogens is 482 g/mol. The molecule has 0 saturated heterocycles. The highest BCUT2D eigenvalue weighted by molar-refractivity contribution is 5.92. The molecule has 0 aliphatic heterocycles. The molecule has 2 rings (SSSR count). The van der Waals surface area contributed by atoms with E-state index in [1.165, 1.54) is 17.0 Å². The summed E-state index contributed by atoms with van der Waals surface area (Å²) in [4.78, 5) is 42.0. The van der Waals surface area contributed by atoms with Gasteiger partial charge in [-0.3, -0.25) is 9.59 Å². The van der Waals surface area contributed by atoms with Gasteiger partial charge < -0.3 is 25.4 Å². The lowest BCUT2D eigenvalue weighted by atomic mass is 9.96. The number of aromatic hydroxyl groups is 1. The first-order valence-electron chi connectivity index (χ1n) is 12.8. The van der Waals surface area contributed by atoms with Gasteiger partial charge in [-0.25, -0.2) is 4.79 Å². The number of carbonyl (C=O) groups is 3. The zero-order valence-electron chi connectivity index (χ0n) is 23.1. The van der Waals surface area contributed by atoms with Crippen molar-refractivity contribution in [2.45, 2.75) is 78.1 Å². The fourth-order valence-electron chi connectivity index (χ4n) is 4.01. The van der Waals surface area contributed by atoms with Gasteiger partial charge in [-0.15, -0.1) is 6.42 Å². The number of alkyl carbamates (subject to hydrolysis) is 1. The second-order valence-electron chi connectivity index (χ2n) is 10.4. The van der Waals surface area contributed by atoms with Crippen LogP contribution in [0.4, 0.5) is 4.79 Å². The predicted octanol–water partition coefficient (Wildman–Crippen LogP) is 4.31. The maximum atomic E-state index is 14.2. The largest absolute Gasteiger partial charge is 0.508 e. The lowest BCUT2D eigenvalue weighted by Gasteiger charge is -2.35. The van der Waals surface area contributed by atoms with Crippen LogP contribution in [0.2, 0.25) is 0 Å². The Morgan fingerprint density at radius 2 is 1.68 bits per heavy atom. The maximum Gasteiger partial charge on any atom is 0.408 e. The Balaban J connectivity index is 2.57. The zero-order valence-corrected chi connectivity index (χ0v) is 23.1. The topological polar surface area (TPSA) is 108 Å². The van der Waals surface area contributed by atoms with E-state index >= 15 is 0 Å². The van der Waals surface area contributed by atoms with Crippen LogP contribution in [0.1, 0.15) is 70.7 Å². The van der Waals surface area contributed by atoms with Gasteiger partial charge in [-0.1, -0.05) is 43.2 Å². The second-order valence-corrected chi connectivity index (χ2v) is 10.4. The number of benzene rings is 2. The van der Waals surface area contributed by atoms with Gasteiger partial charge in [0.1, 0.15) is 23.4 Å². The van der Waals surface area contributed by atoms with Crippen LogP contribution < -0.4 is 10.6 Å². The Bertz CT molecular complexity index is 1150. The summed E-state index contributed by atoms with van der Waals surface area (Å²) in [5, 5.41) is 15.3. The van der Waals surface area contributed by atoms with E-state index < -0.39 is 29.7 Å². The minimum atomic E-state index is -1.05. The average molecular weight is 522 g/mol. The molecule has 3 amide bonds. The van der Waals surface area contributed by atoms with Crippen LogP contribution in [-0.4, -0.2) is 52.1 Å². The Morgan fingerprint density at radius 3 is 2.24 bits per heavy atom. The van der Waals surface area contributed by atoms with Crippen molar-refractivity contribution in [3.8, 4) is 18.1 Å². The van der Waals surface area contributed by atoms with Gasteiger partial charge in [0.25, 0.3) is 0 Å². The molecule has 0 bridgehead atoms. The quantitative estimate of drug-likeness (QED) is 0.404. The molecule has 3 N–H and O–H groups in total. The number of terminal acetylenes is 1. The summed E-state index contributed by atoms with van der Waals surface area (Å²) in [7, 11) is 0. The highest BCUT2D eigenvalue weighted by Gasteiger charge is 2.37. The van der Waals surface area contributed by atoms with Crippen molar-refractivity contribution in [3.63, 3.8) is 0 Å². The highest BCUT2D eigenvalue weighted by Crippen LogP contribution is 2.27. The summed E-state index contributed by atoms with van der Waals surface area (Å²) in [6.45, 7) is 11.0. The summed E-state index contributed by atoms with van der Waals surface area (Å²) in [6.07, 6.45) is 5.69. The number of amides is 3. The first-order chi connectivity index (χ1) is 17.9. The van der Waals surface area contributed by atoms with Crippen LogP contribution in [0.15, 0.2) is 48.5 Å². The third-order valence-electron chi connectivity index (χ3n) is 5.51. The maximum absolute atomic E-state index is 14.2. The molecule has 0 heterocycles. The third-order valence-corrected chi connectivity index (χ3v) is 5.51. The molecule has 0 radical (unpaired) electrons. The lowest BCUT2D eigenvalue weighted by molar-refractivity contribution is -0.142. The monoisotopic (exact) mass is 521 g/mol. The van der Waals surface area contributed by atoms with Crippen LogP contribution in [0.3, 0.4) is 0 Å². The van der Waals surface area contributed by atoms with Gasteiger partial charge in [0.2, 0.25) is 11.8 Å². The Hall–Kier alpha value is -3.99. The van der Waals surface area contributed by atoms with Crippen LogP contribution in [0.25, 0.3) is 0 Å². The molecule has 0 aliphatic carbocycles. The minimum Gasteiger partial charge on any atom is -0.508 e. The van der Waals surface area contributed by atoms with Crippen molar-refractivity contribution in [2.24, 2.45) is 0 Å². The van der Waals surface area contributed by atoms with E-state index in [0.717, 1.165) is 0 Å². The van der Waals surface area contributed by atoms with E-state index in [0.29, 0.717) is 23.1 Å². The summed E-state index contributed by atoms with van der Waals surface area (Å²) >= 11 is 0. The lowest BCUT2D eigenvalue weighted by Crippen LogP contribution is -2.54. The highest BCUT2D eigenvalue weighted by atomic mass is 16.6. The molecule has 2 atom stereocenters. The van der Waals surface area contributed by atoms with Crippen LogP contribution in [0, 0.1) is 12.3 Å². The van der Waals surface area contributed by atoms with Gasteiger partial charge in [0, 0.05) is 24.6 Å². The van der Waals surface area contributed by atoms with Gasteiger partial charge in [-0.2, -0.15) is 0 Å². The molecule has 0 saturated carbocycles. The van der Waals surface area contributed by atoms with Crippen molar-refractivity contribution in [3.05, 3.63) is 65.2 Å². The number of phenolic OH excluding ortho intramolecular Hbond substituents is 1. The van der Waals surface area contributed by atoms with E-state index in [-0.39, 0.29) is 30.7 Å². The Morgan fingerprint density at radius 1 is 1.05 bits per heavy atom. The molecule has 8 heteroatoms. The van der Waals surface area contributed by atoms with Gasteiger partial charge >= 0.3 is 6.09 Å². The number of hydrogen-bond donors (Lipinski definition) is 3. The molecule has 8 nitrogen and oxygen atoms in total. The molecule has 204 valence electrons. The van der Waals surface area contributed by atoms with Crippen molar-refractivity contribution >= 4 is 17.9 Å². The van der Waals surface area contributed by atoms with Crippen LogP contribution in [0.5, 0.6) is 5.75 Å². The van der Waals surface area contributed by atoms with Gasteiger partial charge in [0.05, 0.1) is 0 Å². The smallest absolute Gasteiger partial charge is 0.408 e. The van der Waals surface area contributed by atoms with E-state index in [1.54, 1.807) is 57.2 Å². The molecule has 2 unspecified atom stereocenters. The first-order valence-corrected chi connectivity index (χ1v) is 12.8. The molecular formula is C30H39N3O5. The Labute approximate surface area is 225 Å². The predicted molar refractivity (Wildman–Crippen MR) is 147 cm³/mol. The normalized spacial score (nSPS) is 12.7. The summed E-state index contributed by atoms with van der Waals surface area (Å²) < 4.78 is 5.43. The fourth-order valence-corrected chi connectivity index (χ4v) is 4.01. The minimum absolute atomic E-state index is 0.0839. The molecule has 0 aliphatic rings. The van der Waals surface area contributed by atoms with E-state index in [9.17, 15) is 19.5 Å². The standard InChI is InChI=1S/C30H39N3O5/c1-8-18-33(26(27(35)31-20(3)4)24-13-11-10-12-22(24)9-2)28(36)25(32-29(37)38-30(5,6)7)19-21-14-16-23(34)17-15-21/h2,10-17,20,25-26,34H,8,18-19H2,1,3-7H3,(H,31,35)(H,32,37). The number of nitrogens with one attached hydrogen (secondary N) is 2. The molecule has 0 spiro atoms. The molecule has 0 aromatic heterocycles. The molecule has 0 fully saturated rings. The van der Waals surface area contributed by atoms with Crippen LogP contribution in [-0.2, 0) is 20.7 Å². The first kappa shape index (κ1) is 30.2. The summed E-state index contributed by atoms with van der Waals surface area (Å²) in [6, 6.07) is 11.2. The van der Waals surface area contributed by atoms with Crippen molar-refractivity contribution in [2.75, 3.05) is 6.54 Å². The summed E-state index contributed by atoms with van der Waals surface area (Å²) in [5.41, 5.74) is 0.960. The number of phenols is 1. The summed E-state index contributed by atoms with van der Waals surface area (Å²) in [5.74, 6) is 1.88. The Kier molecular flexibility index (Phi) is 10.8. The molecule has 2 aromatic carbocycles. The van der Waals surface area contributed by atoms with Crippen molar-refractivity contribution in [1.82, 2.24) is 15.5 Å². The molecule has 2 aromatic rings.